The van der Waals surface area contributed by atoms with Crippen LogP contribution < -0.4 is 5.32 Å². The van der Waals surface area contributed by atoms with E-state index in [9.17, 15) is 9.90 Å². The molecule has 5 nitrogen and oxygen atoms in total. The van der Waals surface area contributed by atoms with E-state index < -0.39 is 5.66 Å². The monoisotopic (exact) mass is 391 g/mol. The number of carbonyl (C=O) groups is 1. The van der Waals surface area contributed by atoms with Crippen LogP contribution in [0.1, 0.15) is 54.5 Å². The van der Waals surface area contributed by atoms with Gasteiger partial charge < -0.3 is 10.0 Å². The van der Waals surface area contributed by atoms with Gasteiger partial charge in [0.2, 0.25) is 5.91 Å². The number of hydrogen-bond donors (Lipinski definition) is 2. The summed E-state index contributed by atoms with van der Waals surface area (Å²) in [5, 5.41) is 14.3. The summed E-state index contributed by atoms with van der Waals surface area (Å²) in [5.74, 6) is 0.385. The fourth-order valence-corrected chi connectivity index (χ4v) is 4.64. The number of rotatable bonds is 2. The Kier molecular flexibility index (Phi) is 5.17. The highest BCUT2D eigenvalue weighted by molar-refractivity contribution is 6.03. The maximum Gasteiger partial charge on any atom is 0.219 e. The molecule has 0 aliphatic carbocycles. The highest BCUT2D eigenvalue weighted by Gasteiger charge is 2.41. The van der Waals surface area contributed by atoms with E-state index in [4.69, 9.17) is 4.99 Å². The first-order chi connectivity index (χ1) is 13.9. The number of phenols is 1. The Bertz CT molecular complexity index is 958. The number of para-hydroxylation sites is 1. The molecule has 1 unspecified atom stereocenters. The van der Waals surface area contributed by atoms with Crippen LogP contribution in [0.4, 0.5) is 0 Å². The predicted molar refractivity (Wildman–Crippen MR) is 115 cm³/mol. The summed E-state index contributed by atoms with van der Waals surface area (Å²) in [6, 6.07) is 14.1. The van der Waals surface area contributed by atoms with Crippen LogP contribution in [0, 0.1) is 13.8 Å². The van der Waals surface area contributed by atoms with Crippen LogP contribution in [0.3, 0.4) is 0 Å². The summed E-state index contributed by atoms with van der Waals surface area (Å²) >= 11 is 0. The number of phenolic OH excluding ortho intramolecular Hbond substituents is 1. The molecule has 1 spiro atoms. The zero-order valence-electron chi connectivity index (χ0n) is 17.4. The lowest BCUT2D eigenvalue weighted by atomic mass is 9.86. The predicted octanol–water partition coefficient (Wildman–Crippen LogP) is 3.87. The summed E-state index contributed by atoms with van der Waals surface area (Å²) in [6.45, 7) is 7.28. The normalized spacial score (nSPS) is 21.1. The first kappa shape index (κ1) is 19.6. The number of nitrogens with zero attached hydrogens (tertiary/aromatic N) is 2. The van der Waals surface area contributed by atoms with Gasteiger partial charge in [0.15, 0.2) is 0 Å². The fourth-order valence-electron chi connectivity index (χ4n) is 4.64. The standard InChI is InChI=1S/C24H29N3O2/c1-16-8-9-19(17(2)14-16)21-15-22(20-6-4-5-7-23(20)29)26-24(25-21)10-12-27(13-11-24)18(3)28/h4-9,14,21,25,29H,10-13,15H2,1-3H3. The van der Waals surface area contributed by atoms with E-state index in [1.54, 1.807) is 13.0 Å². The van der Waals surface area contributed by atoms with Crippen molar-refractivity contribution in [3.05, 3.63) is 64.7 Å². The molecule has 2 heterocycles. The molecule has 152 valence electrons. The number of hydrogen-bond acceptors (Lipinski definition) is 4. The van der Waals surface area contributed by atoms with Gasteiger partial charge in [-0.1, -0.05) is 35.9 Å². The van der Waals surface area contributed by atoms with Crippen LogP contribution in [0.25, 0.3) is 0 Å². The lowest BCUT2D eigenvalue weighted by Crippen LogP contribution is -2.56. The van der Waals surface area contributed by atoms with Crippen molar-refractivity contribution in [1.29, 1.82) is 0 Å². The molecule has 2 aromatic rings. The van der Waals surface area contributed by atoms with E-state index in [-0.39, 0.29) is 17.7 Å². The van der Waals surface area contributed by atoms with Gasteiger partial charge in [-0.15, -0.1) is 0 Å². The van der Waals surface area contributed by atoms with Crippen molar-refractivity contribution in [1.82, 2.24) is 10.2 Å². The van der Waals surface area contributed by atoms with E-state index in [2.05, 4.69) is 37.4 Å². The number of benzene rings is 2. The van der Waals surface area contributed by atoms with Crippen LogP contribution in [0.5, 0.6) is 5.75 Å². The largest absolute Gasteiger partial charge is 0.507 e. The summed E-state index contributed by atoms with van der Waals surface area (Å²) in [4.78, 5) is 18.8. The van der Waals surface area contributed by atoms with E-state index >= 15 is 0 Å². The Morgan fingerprint density at radius 2 is 1.90 bits per heavy atom. The average molecular weight is 392 g/mol. The maximum atomic E-state index is 11.8. The Labute approximate surface area is 172 Å². The number of nitrogens with one attached hydrogen (secondary N) is 1. The Hall–Kier alpha value is -2.66. The minimum atomic E-state index is -0.413. The molecule has 0 aromatic heterocycles. The summed E-state index contributed by atoms with van der Waals surface area (Å²) in [7, 11) is 0. The molecule has 2 N–H and O–H groups in total. The zero-order chi connectivity index (χ0) is 20.6. The molecular formula is C24H29N3O2. The number of aliphatic imine (C=N–C) groups is 1. The molecule has 2 aliphatic heterocycles. The minimum absolute atomic E-state index is 0.117. The van der Waals surface area contributed by atoms with Crippen molar-refractivity contribution in [2.45, 2.75) is 51.7 Å². The van der Waals surface area contributed by atoms with Crippen LogP contribution in [-0.4, -0.2) is 40.4 Å². The van der Waals surface area contributed by atoms with Crippen molar-refractivity contribution in [2.24, 2.45) is 4.99 Å². The molecule has 2 aliphatic rings. The van der Waals surface area contributed by atoms with Crippen molar-refractivity contribution >= 4 is 11.6 Å². The van der Waals surface area contributed by atoms with Gasteiger partial charge in [-0.2, -0.15) is 0 Å². The molecule has 0 bridgehead atoms. The van der Waals surface area contributed by atoms with E-state index in [1.807, 2.05) is 23.1 Å². The van der Waals surface area contributed by atoms with Gasteiger partial charge in [0.25, 0.3) is 0 Å². The molecule has 0 saturated carbocycles. The summed E-state index contributed by atoms with van der Waals surface area (Å²) in [5.41, 5.74) is 5.11. The SMILES string of the molecule is CC(=O)N1CCC2(CC1)N=C(c1ccccc1O)CC(c1ccc(C)cc1C)N2. The first-order valence-corrected chi connectivity index (χ1v) is 10.3. The lowest BCUT2D eigenvalue weighted by molar-refractivity contribution is -0.130. The van der Waals surface area contributed by atoms with Crippen molar-refractivity contribution in [3.63, 3.8) is 0 Å². The molecule has 1 saturated heterocycles. The summed E-state index contributed by atoms with van der Waals surface area (Å²) in [6.07, 6.45) is 2.26. The average Bonchev–Trinajstić information content (AvgIpc) is 2.68. The second-order valence-electron chi connectivity index (χ2n) is 8.37. The molecule has 29 heavy (non-hydrogen) atoms. The first-order valence-electron chi connectivity index (χ1n) is 10.3. The van der Waals surface area contributed by atoms with Gasteiger partial charge in [0.1, 0.15) is 11.4 Å². The maximum absolute atomic E-state index is 11.8. The van der Waals surface area contributed by atoms with Crippen LogP contribution in [0.15, 0.2) is 47.5 Å². The lowest BCUT2D eigenvalue weighted by Gasteiger charge is -2.45. The van der Waals surface area contributed by atoms with Gasteiger partial charge in [-0.25, -0.2) is 0 Å². The molecule has 1 fully saturated rings. The van der Waals surface area contributed by atoms with Gasteiger partial charge in [0.05, 0.1) is 0 Å². The third-order valence-corrected chi connectivity index (χ3v) is 6.24. The van der Waals surface area contributed by atoms with E-state index in [0.717, 1.165) is 30.5 Å². The number of carbonyl (C=O) groups excluding carboxylic acids is 1. The molecule has 2 aromatic carbocycles. The van der Waals surface area contributed by atoms with Crippen molar-refractivity contribution < 1.29 is 9.90 Å². The van der Waals surface area contributed by atoms with Gasteiger partial charge in [0, 0.05) is 56.6 Å². The highest BCUT2D eigenvalue weighted by atomic mass is 16.3. The quantitative estimate of drug-likeness (QED) is 0.817. The molecule has 4 rings (SSSR count). The fraction of sp³-hybridized carbons (Fsp3) is 0.417. The Morgan fingerprint density at radius 3 is 2.55 bits per heavy atom. The minimum Gasteiger partial charge on any atom is -0.507 e. The molecule has 5 heteroatoms. The van der Waals surface area contributed by atoms with Gasteiger partial charge in [-0.3, -0.25) is 15.1 Å². The number of aromatic hydroxyl groups is 1. The molecule has 1 atom stereocenters. The van der Waals surface area contributed by atoms with E-state index in [1.165, 1.54) is 16.7 Å². The zero-order valence-corrected chi connectivity index (χ0v) is 17.4. The number of amides is 1. The molecular weight excluding hydrogens is 362 g/mol. The van der Waals surface area contributed by atoms with Gasteiger partial charge >= 0.3 is 0 Å². The van der Waals surface area contributed by atoms with Gasteiger partial charge in [-0.05, 0) is 37.1 Å². The Morgan fingerprint density at radius 1 is 1.17 bits per heavy atom. The van der Waals surface area contributed by atoms with Crippen LogP contribution in [0.2, 0.25) is 0 Å². The number of likely N-dealkylation sites (tertiary alicyclic amines) is 1. The highest BCUT2D eigenvalue weighted by Crippen LogP contribution is 2.37. The molecule has 1 amide bonds. The van der Waals surface area contributed by atoms with Crippen molar-refractivity contribution in [3.8, 4) is 5.75 Å². The third-order valence-electron chi connectivity index (χ3n) is 6.24. The topological polar surface area (TPSA) is 64.9 Å². The third kappa shape index (κ3) is 3.92. The second kappa shape index (κ2) is 7.64. The number of aryl methyl sites for hydroxylation is 2. The summed E-state index contributed by atoms with van der Waals surface area (Å²) < 4.78 is 0. The smallest absolute Gasteiger partial charge is 0.219 e. The molecule has 0 radical (unpaired) electrons. The number of piperidine rings is 1. The van der Waals surface area contributed by atoms with E-state index in [0.29, 0.717) is 13.1 Å². The van der Waals surface area contributed by atoms with Crippen LogP contribution in [-0.2, 0) is 4.79 Å². The second-order valence-corrected chi connectivity index (χ2v) is 8.37. The van der Waals surface area contributed by atoms with Crippen LogP contribution >= 0.6 is 0 Å². The Balaban J connectivity index is 1.73. The van der Waals surface area contributed by atoms with Crippen molar-refractivity contribution in [2.75, 3.05) is 13.1 Å².